The maximum Gasteiger partial charge on any atom is 0.306 e. The van der Waals surface area contributed by atoms with Gasteiger partial charge in [0.2, 0.25) is 0 Å². The van der Waals surface area contributed by atoms with E-state index in [4.69, 9.17) is 4.74 Å². The second-order valence-electron chi connectivity index (χ2n) is 4.50. The van der Waals surface area contributed by atoms with Crippen molar-refractivity contribution in [2.24, 2.45) is 11.8 Å². The van der Waals surface area contributed by atoms with Crippen LogP contribution < -0.4 is 0 Å². The van der Waals surface area contributed by atoms with Crippen LogP contribution in [0, 0.1) is 11.8 Å². The van der Waals surface area contributed by atoms with Crippen molar-refractivity contribution in [2.45, 2.75) is 46.0 Å². The molecule has 1 saturated carbocycles. The molecule has 0 aliphatic heterocycles. The molecule has 0 aromatic carbocycles. The molecule has 0 saturated heterocycles. The average molecular weight is 238 g/mol. The minimum absolute atomic E-state index is 0.0298. The summed E-state index contributed by atoms with van der Waals surface area (Å²) in [6, 6.07) is 0. The molecule has 1 rings (SSSR count). The normalized spacial score (nSPS) is 24.5. The number of allylic oxidation sites excluding steroid dienone is 2. The van der Waals surface area contributed by atoms with E-state index in [0.717, 1.165) is 19.3 Å². The monoisotopic (exact) mass is 238 g/mol. The lowest BCUT2D eigenvalue weighted by atomic mass is 9.89. The summed E-state index contributed by atoms with van der Waals surface area (Å²) in [5.41, 5.74) is 0. The number of carbonyl (C=O) groups is 2. The molecule has 0 spiro atoms. The van der Waals surface area contributed by atoms with Crippen LogP contribution in [0.4, 0.5) is 0 Å². The van der Waals surface area contributed by atoms with Crippen LogP contribution in [0.3, 0.4) is 0 Å². The summed E-state index contributed by atoms with van der Waals surface area (Å²) in [4.78, 5) is 23.2. The molecule has 3 heteroatoms. The molecule has 3 nitrogen and oxygen atoms in total. The van der Waals surface area contributed by atoms with Crippen LogP contribution in [0.15, 0.2) is 12.2 Å². The lowest BCUT2D eigenvalue weighted by Crippen LogP contribution is -2.18. The summed E-state index contributed by atoms with van der Waals surface area (Å²) < 4.78 is 4.94. The molecule has 0 aromatic heterocycles. The van der Waals surface area contributed by atoms with Crippen LogP contribution in [0.2, 0.25) is 0 Å². The van der Waals surface area contributed by atoms with Crippen molar-refractivity contribution >= 4 is 11.8 Å². The summed E-state index contributed by atoms with van der Waals surface area (Å²) in [7, 11) is 0. The van der Waals surface area contributed by atoms with E-state index in [2.05, 4.69) is 19.1 Å². The second-order valence-corrected chi connectivity index (χ2v) is 4.50. The Kier molecular flexibility index (Phi) is 5.95. The van der Waals surface area contributed by atoms with Crippen molar-refractivity contribution in [3.8, 4) is 0 Å². The first-order valence-electron chi connectivity index (χ1n) is 6.52. The van der Waals surface area contributed by atoms with Gasteiger partial charge >= 0.3 is 5.97 Å². The third kappa shape index (κ3) is 4.33. The fraction of sp³-hybridized carbons (Fsp3) is 0.714. The second kappa shape index (κ2) is 7.25. The number of esters is 1. The van der Waals surface area contributed by atoms with Gasteiger partial charge < -0.3 is 4.74 Å². The minimum atomic E-state index is -0.170. The van der Waals surface area contributed by atoms with Gasteiger partial charge in [0.1, 0.15) is 5.78 Å². The fourth-order valence-corrected chi connectivity index (χ4v) is 2.39. The number of hydrogen-bond acceptors (Lipinski definition) is 3. The van der Waals surface area contributed by atoms with Gasteiger partial charge in [0, 0.05) is 18.8 Å². The van der Waals surface area contributed by atoms with Gasteiger partial charge in [-0.25, -0.2) is 0 Å². The number of ether oxygens (including phenoxy) is 1. The van der Waals surface area contributed by atoms with E-state index in [1.807, 2.05) is 0 Å². The van der Waals surface area contributed by atoms with Gasteiger partial charge in [-0.1, -0.05) is 19.1 Å². The molecular formula is C14H22O3. The molecule has 0 amide bonds. The van der Waals surface area contributed by atoms with Crippen LogP contribution in [-0.2, 0) is 14.3 Å². The predicted octanol–water partition coefficient (Wildman–Crippen LogP) is 2.89. The van der Waals surface area contributed by atoms with Crippen molar-refractivity contribution in [3.05, 3.63) is 12.2 Å². The van der Waals surface area contributed by atoms with E-state index in [9.17, 15) is 9.59 Å². The van der Waals surface area contributed by atoms with Gasteiger partial charge in [-0.05, 0) is 32.1 Å². The molecule has 0 aromatic rings. The summed E-state index contributed by atoms with van der Waals surface area (Å²) in [6.45, 7) is 4.29. The molecular weight excluding hydrogens is 216 g/mol. The van der Waals surface area contributed by atoms with E-state index >= 15 is 0 Å². The summed E-state index contributed by atoms with van der Waals surface area (Å²) in [5, 5.41) is 0. The lowest BCUT2D eigenvalue weighted by Gasteiger charge is -2.15. The highest BCUT2D eigenvalue weighted by atomic mass is 16.5. The fourth-order valence-electron chi connectivity index (χ4n) is 2.39. The highest BCUT2D eigenvalue weighted by molar-refractivity contribution is 5.84. The molecule has 1 fully saturated rings. The Morgan fingerprint density at radius 1 is 1.41 bits per heavy atom. The molecule has 1 aliphatic carbocycles. The Hall–Kier alpha value is -1.12. The first-order valence-corrected chi connectivity index (χ1v) is 6.52. The van der Waals surface area contributed by atoms with E-state index in [-0.39, 0.29) is 17.8 Å². The Labute approximate surface area is 103 Å². The van der Waals surface area contributed by atoms with Crippen LogP contribution in [0.1, 0.15) is 46.0 Å². The third-order valence-corrected chi connectivity index (χ3v) is 3.27. The summed E-state index contributed by atoms with van der Waals surface area (Å²) in [6.07, 6.45) is 7.75. The molecule has 0 radical (unpaired) electrons. The van der Waals surface area contributed by atoms with Gasteiger partial charge in [0.15, 0.2) is 0 Å². The average Bonchev–Trinajstić information content (AvgIpc) is 2.62. The molecule has 96 valence electrons. The van der Waals surface area contributed by atoms with E-state index in [0.29, 0.717) is 25.2 Å². The van der Waals surface area contributed by atoms with Crippen molar-refractivity contribution in [1.82, 2.24) is 0 Å². The Bertz CT molecular complexity index is 294. The number of rotatable bonds is 6. The molecule has 1 aliphatic rings. The van der Waals surface area contributed by atoms with E-state index in [1.54, 1.807) is 6.92 Å². The van der Waals surface area contributed by atoms with Gasteiger partial charge in [-0.2, -0.15) is 0 Å². The van der Waals surface area contributed by atoms with Gasteiger partial charge in [0.05, 0.1) is 6.61 Å². The number of hydrogen-bond donors (Lipinski definition) is 0. The third-order valence-electron chi connectivity index (χ3n) is 3.27. The molecule has 0 N–H and O–H groups in total. The zero-order chi connectivity index (χ0) is 12.7. The van der Waals surface area contributed by atoms with Crippen LogP contribution in [0.5, 0.6) is 0 Å². The van der Waals surface area contributed by atoms with Crippen molar-refractivity contribution in [2.75, 3.05) is 6.61 Å². The largest absolute Gasteiger partial charge is 0.466 e. The first-order chi connectivity index (χ1) is 8.19. The van der Waals surface area contributed by atoms with Crippen molar-refractivity contribution in [1.29, 1.82) is 0 Å². The maximum atomic E-state index is 11.7. The van der Waals surface area contributed by atoms with Crippen LogP contribution in [-0.4, -0.2) is 18.4 Å². The minimum Gasteiger partial charge on any atom is -0.466 e. The molecule has 0 heterocycles. The van der Waals surface area contributed by atoms with Crippen molar-refractivity contribution in [3.63, 3.8) is 0 Å². The van der Waals surface area contributed by atoms with E-state index < -0.39 is 0 Å². The summed E-state index contributed by atoms with van der Waals surface area (Å²) >= 11 is 0. The molecule has 0 bridgehead atoms. The Balaban J connectivity index is 2.49. The Morgan fingerprint density at radius 3 is 2.82 bits per heavy atom. The predicted molar refractivity (Wildman–Crippen MR) is 66.5 cm³/mol. The standard InChI is InChI=1S/C14H22O3/c1-3-5-6-7-12-11(8-9-13(12)15)10-14(16)17-4-2/h5-6,11-12H,3-4,7-10H2,1-2H3/b6-5+. The highest BCUT2D eigenvalue weighted by Crippen LogP contribution is 2.34. The molecule has 2 atom stereocenters. The molecule has 17 heavy (non-hydrogen) atoms. The van der Waals surface area contributed by atoms with Crippen molar-refractivity contribution < 1.29 is 14.3 Å². The zero-order valence-corrected chi connectivity index (χ0v) is 10.8. The highest BCUT2D eigenvalue weighted by Gasteiger charge is 2.35. The smallest absolute Gasteiger partial charge is 0.306 e. The quantitative estimate of drug-likeness (QED) is 0.528. The number of carbonyl (C=O) groups excluding carboxylic acids is 2. The zero-order valence-electron chi connectivity index (χ0n) is 10.8. The number of Topliss-reactive ketones (excluding diaryl/α,β-unsaturated/α-hetero) is 1. The topological polar surface area (TPSA) is 43.4 Å². The van der Waals surface area contributed by atoms with Crippen LogP contribution in [0.25, 0.3) is 0 Å². The SMILES string of the molecule is CC/C=C/CC1C(=O)CCC1CC(=O)OCC. The lowest BCUT2D eigenvalue weighted by molar-refractivity contribution is -0.144. The summed E-state index contributed by atoms with van der Waals surface area (Å²) in [5.74, 6) is 0.349. The Morgan fingerprint density at radius 2 is 2.18 bits per heavy atom. The van der Waals surface area contributed by atoms with Crippen LogP contribution >= 0.6 is 0 Å². The van der Waals surface area contributed by atoms with Gasteiger partial charge in [0.25, 0.3) is 0 Å². The van der Waals surface area contributed by atoms with Gasteiger partial charge in [-0.3, -0.25) is 9.59 Å². The van der Waals surface area contributed by atoms with E-state index in [1.165, 1.54) is 0 Å². The first kappa shape index (κ1) is 13.9. The molecule has 2 unspecified atom stereocenters. The van der Waals surface area contributed by atoms with Gasteiger partial charge in [-0.15, -0.1) is 0 Å². The number of ketones is 1. The maximum absolute atomic E-state index is 11.7.